The molecule has 5 rings (SSSR count). The number of carbonyl (C=O) groups is 2. The first-order chi connectivity index (χ1) is 15.0. The van der Waals surface area contributed by atoms with Crippen LogP contribution in [0.3, 0.4) is 0 Å². The molecule has 3 aromatic carbocycles. The number of nitrogens with zero attached hydrogens (tertiary/aromatic N) is 2. The molecule has 0 aliphatic carbocycles. The average molecular weight is 451 g/mol. The fourth-order valence-electron chi connectivity index (χ4n) is 4.22. The minimum absolute atomic E-state index is 0.0911. The van der Waals surface area contributed by atoms with Gasteiger partial charge in [-0.1, -0.05) is 41.9 Å². The van der Waals surface area contributed by atoms with E-state index in [9.17, 15) is 9.59 Å². The molecule has 5 nitrogen and oxygen atoms in total. The lowest BCUT2D eigenvalue weighted by Gasteiger charge is -2.33. The number of amides is 2. The molecule has 7 heteroatoms. The molecule has 0 saturated carbocycles. The van der Waals surface area contributed by atoms with Gasteiger partial charge in [0.2, 0.25) is 10.8 Å². The first-order valence-corrected chi connectivity index (χ1v) is 11.2. The lowest BCUT2D eigenvalue weighted by molar-refractivity contribution is -0.123. The number of ether oxygens (including phenoxy) is 1. The van der Waals surface area contributed by atoms with Crippen LogP contribution in [0.25, 0.3) is 0 Å². The van der Waals surface area contributed by atoms with Crippen LogP contribution in [-0.4, -0.2) is 24.7 Å². The predicted molar refractivity (Wildman–Crippen MR) is 124 cm³/mol. The van der Waals surface area contributed by atoms with Crippen molar-refractivity contribution in [3.63, 3.8) is 0 Å². The first-order valence-electron chi connectivity index (χ1n) is 9.81. The van der Waals surface area contributed by atoms with Gasteiger partial charge in [0.15, 0.2) is 0 Å². The van der Waals surface area contributed by atoms with Gasteiger partial charge in [-0.15, -0.1) is 11.8 Å². The predicted octanol–water partition coefficient (Wildman–Crippen LogP) is 4.83. The van der Waals surface area contributed by atoms with Gasteiger partial charge in [-0.2, -0.15) is 0 Å². The Kier molecular flexibility index (Phi) is 4.91. The SMILES string of the molecule is COc1ccc(N2C(=O)CS[C@]23C(=O)N(Cc2ccc(Cl)cc2)c2ccccc23)cc1. The highest BCUT2D eigenvalue weighted by molar-refractivity contribution is 8.02. The van der Waals surface area contributed by atoms with Crippen molar-refractivity contribution in [2.45, 2.75) is 11.4 Å². The van der Waals surface area contributed by atoms with Crippen molar-refractivity contribution in [1.82, 2.24) is 0 Å². The highest BCUT2D eigenvalue weighted by atomic mass is 35.5. The molecule has 0 bridgehead atoms. The Morgan fingerprint density at radius 3 is 2.42 bits per heavy atom. The molecule has 0 aromatic heterocycles. The largest absolute Gasteiger partial charge is 0.497 e. The van der Waals surface area contributed by atoms with Gasteiger partial charge in [-0.05, 0) is 48.0 Å². The molecule has 3 aromatic rings. The highest BCUT2D eigenvalue weighted by Crippen LogP contribution is 2.56. The molecule has 2 aliphatic rings. The van der Waals surface area contributed by atoms with Crippen LogP contribution in [-0.2, 0) is 21.0 Å². The summed E-state index contributed by atoms with van der Waals surface area (Å²) < 4.78 is 5.25. The molecule has 2 heterocycles. The van der Waals surface area contributed by atoms with Crippen molar-refractivity contribution in [2.24, 2.45) is 0 Å². The number of para-hydroxylation sites is 1. The molecule has 156 valence electrons. The monoisotopic (exact) mass is 450 g/mol. The number of methoxy groups -OCH3 is 1. The van der Waals surface area contributed by atoms with Crippen LogP contribution >= 0.6 is 23.4 Å². The zero-order valence-electron chi connectivity index (χ0n) is 16.7. The van der Waals surface area contributed by atoms with E-state index in [0.29, 0.717) is 23.0 Å². The maximum Gasteiger partial charge on any atom is 0.269 e. The number of fused-ring (bicyclic) bond motifs is 2. The van der Waals surface area contributed by atoms with Crippen LogP contribution in [0.5, 0.6) is 5.75 Å². The lowest BCUT2D eigenvalue weighted by Crippen LogP contribution is -2.49. The Balaban J connectivity index is 1.61. The maximum atomic E-state index is 14.0. The van der Waals surface area contributed by atoms with E-state index in [-0.39, 0.29) is 17.6 Å². The molecule has 1 saturated heterocycles. The Morgan fingerprint density at radius 1 is 1.00 bits per heavy atom. The number of rotatable bonds is 4. The summed E-state index contributed by atoms with van der Waals surface area (Å²) >= 11 is 7.40. The van der Waals surface area contributed by atoms with E-state index in [4.69, 9.17) is 16.3 Å². The topological polar surface area (TPSA) is 49.9 Å². The zero-order chi connectivity index (χ0) is 21.6. The number of thioether (sulfide) groups is 1. The summed E-state index contributed by atoms with van der Waals surface area (Å²) in [6, 6.07) is 22.4. The Morgan fingerprint density at radius 2 is 1.71 bits per heavy atom. The van der Waals surface area contributed by atoms with Gasteiger partial charge in [0.1, 0.15) is 5.75 Å². The van der Waals surface area contributed by atoms with Gasteiger partial charge < -0.3 is 9.64 Å². The van der Waals surface area contributed by atoms with Crippen LogP contribution in [0.1, 0.15) is 11.1 Å². The van der Waals surface area contributed by atoms with E-state index in [1.165, 1.54) is 11.8 Å². The number of benzene rings is 3. The highest BCUT2D eigenvalue weighted by Gasteiger charge is 2.60. The van der Waals surface area contributed by atoms with E-state index in [0.717, 1.165) is 16.8 Å². The fourth-order valence-corrected chi connectivity index (χ4v) is 5.70. The number of halogens is 1. The first kappa shape index (κ1) is 20.0. The summed E-state index contributed by atoms with van der Waals surface area (Å²) in [7, 11) is 1.60. The van der Waals surface area contributed by atoms with Gasteiger partial charge >= 0.3 is 0 Å². The number of hydrogen-bond acceptors (Lipinski definition) is 4. The van der Waals surface area contributed by atoms with Crippen molar-refractivity contribution in [3.05, 3.63) is 88.9 Å². The summed E-state index contributed by atoms with van der Waals surface area (Å²) in [5, 5.41) is 0.649. The Hall–Kier alpha value is -2.96. The van der Waals surface area contributed by atoms with Gasteiger partial charge in [-0.3, -0.25) is 14.5 Å². The number of carbonyl (C=O) groups excluding carboxylic acids is 2. The zero-order valence-corrected chi connectivity index (χ0v) is 18.3. The summed E-state index contributed by atoms with van der Waals surface area (Å²) in [5.41, 5.74) is 3.30. The second-order valence-corrected chi connectivity index (χ2v) is 9.00. The molecule has 1 fully saturated rings. The normalized spacial score (nSPS) is 19.9. The van der Waals surface area contributed by atoms with E-state index < -0.39 is 4.87 Å². The van der Waals surface area contributed by atoms with Crippen LogP contribution in [0.15, 0.2) is 72.8 Å². The molecule has 31 heavy (non-hydrogen) atoms. The van der Waals surface area contributed by atoms with Crippen molar-refractivity contribution in [2.75, 3.05) is 22.7 Å². The van der Waals surface area contributed by atoms with Crippen LogP contribution < -0.4 is 14.5 Å². The average Bonchev–Trinajstić information content (AvgIpc) is 3.26. The molecule has 1 atom stereocenters. The van der Waals surface area contributed by atoms with E-state index >= 15 is 0 Å². The third-order valence-corrected chi connectivity index (χ3v) is 7.29. The lowest BCUT2D eigenvalue weighted by atomic mass is 10.0. The third-order valence-electron chi connectivity index (χ3n) is 5.65. The van der Waals surface area contributed by atoms with Gasteiger partial charge in [-0.25, -0.2) is 0 Å². The van der Waals surface area contributed by atoms with Gasteiger partial charge in [0.25, 0.3) is 5.91 Å². The molecule has 0 unspecified atom stereocenters. The van der Waals surface area contributed by atoms with Crippen molar-refractivity contribution in [3.8, 4) is 5.75 Å². The molecular formula is C24H19ClN2O3S. The van der Waals surface area contributed by atoms with E-state index in [1.807, 2.05) is 60.7 Å². The fraction of sp³-hybridized carbons (Fsp3) is 0.167. The maximum absolute atomic E-state index is 14.0. The van der Waals surface area contributed by atoms with Gasteiger partial charge in [0.05, 0.1) is 25.1 Å². The molecular weight excluding hydrogens is 432 g/mol. The van der Waals surface area contributed by atoms with Crippen LogP contribution in [0.2, 0.25) is 5.02 Å². The van der Waals surface area contributed by atoms with Crippen molar-refractivity contribution in [1.29, 1.82) is 0 Å². The van der Waals surface area contributed by atoms with E-state index in [2.05, 4.69) is 0 Å². The molecule has 2 amide bonds. The second kappa shape index (κ2) is 7.62. The molecule has 1 spiro atoms. The smallest absolute Gasteiger partial charge is 0.269 e. The standard InChI is InChI=1S/C24H19ClN2O3S/c1-30-19-12-10-18(11-13-19)27-22(28)15-31-24(27)20-4-2-3-5-21(20)26(23(24)29)14-16-6-8-17(25)9-7-16/h2-13H,14-15H2,1H3/t24-/m1/s1. The third kappa shape index (κ3) is 3.09. The Bertz CT molecular complexity index is 1170. The number of hydrogen-bond donors (Lipinski definition) is 0. The summed E-state index contributed by atoms with van der Waals surface area (Å²) in [6.45, 7) is 0.403. The molecule has 2 aliphatic heterocycles. The second-order valence-electron chi connectivity index (χ2n) is 7.39. The van der Waals surface area contributed by atoms with Crippen molar-refractivity contribution >= 4 is 46.6 Å². The van der Waals surface area contributed by atoms with Crippen molar-refractivity contribution < 1.29 is 14.3 Å². The summed E-state index contributed by atoms with van der Waals surface area (Å²) in [6.07, 6.45) is 0. The number of anilines is 2. The summed E-state index contributed by atoms with van der Waals surface area (Å²) in [5.74, 6) is 0.725. The van der Waals surface area contributed by atoms with Crippen LogP contribution in [0, 0.1) is 0 Å². The summed E-state index contributed by atoms with van der Waals surface area (Å²) in [4.78, 5) is 29.3. The minimum atomic E-state index is -1.12. The van der Waals surface area contributed by atoms with Crippen LogP contribution in [0.4, 0.5) is 11.4 Å². The molecule has 0 radical (unpaired) electrons. The quantitative estimate of drug-likeness (QED) is 0.571. The van der Waals surface area contributed by atoms with E-state index in [1.54, 1.807) is 29.0 Å². The minimum Gasteiger partial charge on any atom is -0.497 e. The Labute approximate surface area is 189 Å². The van der Waals surface area contributed by atoms with Gasteiger partial charge in [0, 0.05) is 16.3 Å². The molecule has 0 N–H and O–H groups in total.